The van der Waals surface area contributed by atoms with E-state index in [0.717, 1.165) is 16.6 Å². The fourth-order valence-corrected chi connectivity index (χ4v) is 4.54. The Morgan fingerprint density at radius 1 is 1.22 bits per heavy atom. The molecule has 0 fully saturated rings. The van der Waals surface area contributed by atoms with Gasteiger partial charge in [0.05, 0.1) is 12.2 Å². The van der Waals surface area contributed by atoms with Gasteiger partial charge < -0.3 is 9.09 Å². The summed E-state index contributed by atoms with van der Waals surface area (Å²) in [5.41, 5.74) is 2.43. The second-order valence-corrected chi connectivity index (χ2v) is 7.98. The van der Waals surface area contributed by atoms with E-state index in [4.69, 9.17) is 16.1 Å². The average molecular weight is 352 g/mol. The first-order chi connectivity index (χ1) is 11.0. The summed E-state index contributed by atoms with van der Waals surface area (Å²) >= 11 is 6.06. The highest BCUT2D eigenvalue weighted by atomic mass is 35.5. The molecule has 2 aromatic heterocycles. The first-order valence-corrected chi connectivity index (χ1v) is 9.16. The number of aromatic nitrogens is 2. The van der Waals surface area contributed by atoms with Gasteiger partial charge >= 0.3 is 0 Å². The van der Waals surface area contributed by atoms with Crippen LogP contribution >= 0.6 is 11.6 Å². The Kier molecular flexibility index (Phi) is 3.44. The quantitative estimate of drug-likeness (QED) is 0.727. The highest BCUT2D eigenvalue weighted by Gasteiger charge is 2.28. The van der Waals surface area contributed by atoms with Crippen molar-refractivity contribution >= 4 is 32.5 Å². The zero-order valence-electron chi connectivity index (χ0n) is 12.1. The van der Waals surface area contributed by atoms with Gasteiger partial charge in [0.2, 0.25) is 10.0 Å². The van der Waals surface area contributed by atoms with Gasteiger partial charge in [-0.25, -0.2) is 8.42 Å². The fraction of sp³-hybridized carbons (Fsp3) is 0.267. The number of rotatable bonds is 3. The topological polar surface area (TPSA) is 68.3 Å². The predicted molar refractivity (Wildman–Crippen MR) is 86.5 cm³/mol. The highest BCUT2D eigenvalue weighted by molar-refractivity contribution is 7.88. The largest absolute Gasteiger partial charge is 0.364 e. The summed E-state index contributed by atoms with van der Waals surface area (Å²) in [6, 6.07) is 9.30. The van der Waals surface area contributed by atoms with Crippen LogP contribution in [-0.4, -0.2) is 29.0 Å². The molecule has 1 aliphatic heterocycles. The Hall–Kier alpha value is -1.83. The van der Waals surface area contributed by atoms with Crippen LogP contribution in [0.1, 0.15) is 11.4 Å². The Morgan fingerprint density at radius 2 is 2.09 bits per heavy atom. The van der Waals surface area contributed by atoms with Crippen LogP contribution in [-0.2, 0) is 28.9 Å². The van der Waals surface area contributed by atoms with Gasteiger partial charge in [0.15, 0.2) is 0 Å². The van der Waals surface area contributed by atoms with Crippen LogP contribution in [0.4, 0.5) is 0 Å². The molecule has 0 saturated carbocycles. The van der Waals surface area contributed by atoms with Crippen LogP contribution in [0.25, 0.3) is 10.9 Å². The molecule has 1 aliphatic rings. The summed E-state index contributed by atoms with van der Waals surface area (Å²) in [6.45, 7) is 1.40. The van der Waals surface area contributed by atoms with E-state index in [2.05, 4.69) is 9.72 Å². The van der Waals surface area contributed by atoms with Crippen LogP contribution in [0.5, 0.6) is 0 Å². The third kappa shape index (κ3) is 2.65. The number of fused-ring (bicyclic) bond motifs is 3. The Balaban J connectivity index is 1.65. The standard InChI is InChI=1S/C15H14ClN3O3S/c16-12-2-1-11-7-14-9-18(4-5-19(14)15(11)8-12)23(20,21)10-13-3-6-22-17-13/h1-3,6-8H,4-5,9-10H2. The predicted octanol–water partition coefficient (Wildman–Crippen LogP) is 2.63. The molecule has 3 aromatic rings. The number of hydrogen-bond acceptors (Lipinski definition) is 4. The zero-order valence-corrected chi connectivity index (χ0v) is 13.7. The molecule has 23 heavy (non-hydrogen) atoms. The molecule has 0 aliphatic carbocycles. The van der Waals surface area contributed by atoms with Gasteiger partial charge in [0, 0.05) is 40.8 Å². The van der Waals surface area contributed by atoms with Crippen LogP contribution in [0, 0.1) is 0 Å². The van der Waals surface area contributed by atoms with Gasteiger partial charge in [0.25, 0.3) is 0 Å². The van der Waals surface area contributed by atoms with E-state index in [9.17, 15) is 8.42 Å². The van der Waals surface area contributed by atoms with Gasteiger partial charge in [0.1, 0.15) is 12.0 Å². The molecular weight excluding hydrogens is 338 g/mol. The van der Waals surface area contributed by atoms with Gasteiger partial charge in [-0.1, -0.05) is 22.8 Å². The summed E-state index contributed by atoms with van der Waals surface area (Å²) in [4.78, 5) is 0. The van der Waals surface area contributed by atoms with E-state index in [0.29, 0.717) is 30.4 Å². The highest BCUT2D eigenvalue weighted by Crippen LogP contribution is 2.28. The van der Waals surface area contributed by atoms with Crippen molar-refractivity contribution in [2.75, 3.05) is 6.54 Å². The monoisotopic (exact) mass is 351 g/mol. The van der Waals surface area contributed by atoms with Crippen molar-refractivity contribution in [3.63, 3.8) is 0 Å². The van der Waals surface area contributed by atoms with Crippen molar-refractivity contribution in [1.82, 2.24) is 14.0 Å². The molecule has 120 valence electrons. The number of nitrogens with zero attached hydrogens (tertiary/aromatic N) is 3. The maximum atomic E-state index is 12.5. The third-order valence-electron chi connectivity index (χ3n) is 4.08. The Morgan fingerprint density at radius 3 is 2.87 bits per heavy atom. The molecule has 4 rings (SSSR count). The fourth-order valence-electron chi connectivity index (χ4n) is 2.98. The molecule has 8 heteroatoms. The first kappa shape index (κ1) is 14.7. The van der Waals surface area contributed by atoms with E-state index >= 15 is 0 Å². The van der Waals surface area contributed by atoms with E-state index < -0.39 is 10.0 Å². The zero-order chi connectivity index (χ0) is 16.0. The number of halogens is 1. The molecule has 0 radical (unpaired) electrons. The minimum Gasteiger partial charge on any atom is -0.364 e. The number of sulfonamides is 1. The molecule has 0 bridgehead atoms. The summed E-state index contributed by atoms with van der Waals surface area (Å²) in [7, 11) is -3.42. The lowest BCUT2D eigenvalue weighted by molar-refractivity contribution is 0.344. The maximum Gasteiger partial charge on any atom is 0.220 e. The molecule has 1 aromatic carbocycles. The van der Waals surface area contributed by atoms with Crippen molar-refractivity contribution < 1.29 is 12.9 Å². The minimum atomic E-state index is -3.42. The third-order valence-corrected chi connectivity index (χ3v) is 6.07. The van der Waals surface area contributed by atoms with Gasteiger partial charge in [-0.3, -0.25) is 0 Å². The lowest BCUT2D eigenvalue weighted by Gasteiger charge is -2.28. The number of benzene rings is 1. The summed E-state index contributed by atoms with van der Waals surface area (Å²) in [6.07, 6.45) is 1.38. The van der Waals surface area contributed by atoms with Gasteiger partial charge in [-0.2, -0.15) is 4.31 Å². The summed E-state index contributed by atoms with van der Waals surface area (Å²) in [5, 5.41) is 5.43. The first-order valence-electron chi connectivity index (χ1n) is 7.18. The van der Waals surface area contributed by atoms with Gasteiger partial charge in [-0.05, 0) is 18.2 Å². The molecule has 0 atom stereocenters. The van der Waals surface area contributed by atoms with Crippen LogP contribution in [0.2, 0.25) is 5.02 Å². The molecule has 0 spiro atoms. The van der Waals surface area contributed by atoms with Crippen molar-refractivity contribution in [2.24, 2.45) is 0 Å². The lowest BCUT2D eigenvalue weighted by atomic mass is 10.2. The Labute approximate surface area is 138 Å². The van der Waals surface area contributed by atoms with Crippen LogP contribution in [0.3, 0.4) is 0 Å². The molecular formula is C15H14ClN3O3S. The second kappa shape index (κ2) is 5.36. The number of hydrogen-bond donors (Lipinski definition) is 0. The van der Waals surface area contributed by atoms with Crippen molar-refractivity contribution in [2.45, 2.75) is 18.8 Å². The normalized spacial score (nSPS) is 15.9. The molecule has 0 saturated heterocycles. The molecule has 0 N–H and O–H groups in total. The second-order valence-electron chi connectivity index (χ2n) is 5.57. The van der Waals surface area contributed by atoms with Crippen molar-refractivity contribution in [3.8, 4) is 0 Å². The molecule has 0 amide bonds. The molecule has 6 nitrogen and oxygen atoms in total. The molecule has 3 heterocycles. The maximum absolute atomic E-state index is 12.5. The van der Waals surface area contributed by atoms with Crippen molar-refractivity contribution in [3.05, 3.63) is 53.0 Å². The van der Waals surface area contributed by atoms with Gasteiger partial charge in [-0.15, -0.1) is 0 Å². The smallest absolute Gasteiger partial charge is 0.220 e. The van der Waals surface area contributed by atoms with E-state index in [1.807, 2.05) is 24.3 Å². The van der Waals surface area contributed by atoms with Crippen LogP contribution in [0.15, 0.2) is 41.1 Å². The summed E-state index contributed by atoms with van der Waals surface area (Å²) in [5.74, 6) is -0.143. The van der Waals surface area contributed by atoms with Crippen molar-refractivity contribution in [1.29, 1.82) is 0 Å². The van der Waals surface area contributed by atoms with E-state index in [-0.39, 0.29) is 5.75 Å². The van der Waals surface area contributed by atoms with E-state index in [1.165, 1.54) is 10.6 Å². The average Bonchev–Trinajstić information content (AvgIpc) is 3.13. The summed E-state index contributed by atoms with van der Waals surface area (Å²) < 4.78 is 33.4. The van der Waals surface area contributed by atoms with E-state index in [1.54, 1.807) is 6.07 Å². The van der Waals surface area contributed by atoms with Crippen LogP contribution < -0.4 is 0 Å². The SMILES string of the molecule is O=S(=O)(Cc1ccon1)N1CCn2c(cc3ccc(Cl)cc32)C1. The Bertz CT molecular complexity index is 963. The molecule has 0 unspecified atom stereocenters. The lowest BCUT2D eigenvalue weighted by Crippen LogP contribution is -2.38. The minimum absolute atomic E-state index is 0.143.